The number of hydrogen-bond acceptors (Lipinski definition) is 3. The normalized spacial score (nSPS) is 23.6. The summed E-state index contributed by atoms with van der Waals surface area (Å²) >= 11 is 0. The lowest BCUT2D eigenvalue weighted by Gasteiger charge is -2.23. The van der Waals surface area contributed by atoms with Gasteiger partial charge in [0.05, 0.1) is 30.4 Å². The highest BCUT2D eigenvalue weighted by molar-refractivity contribution is 5.79. The van der Waals surface area contributed by atoms with Crippen LogP contribution < -0.4 is 5.32 Å². The van der Waals surface area contributed by atoms with Crippen molar-refractivity contribution in [3.05, 3.63) is 107 Å². The van der Waals surface area contributed by atoms with E-state index in [1.807, 2.05) is 41.4 Å². The molecule has 1 aromatic heterocycles. The summed E-state index contributed by atoms with van der Waals surface area (Å²) in [7, 11) is 0. The van der Waals surface area contributed by atoms with E-state index in [0.717, 1.165) is 55.7 Å². The van der Waals surface area contributed by atoms with Gasteiger partial charge in [-0.2, -0.15) is 0 Å². The molecule has 0 radical (unpaired) electrons. The largest absolute Gasteiger partial charge is 0.378 e. The first-order chi connectivity index (χ1) is 16.7. The van der Waals surface area contributed by atoms with Gasteiger partial charge in [-0.1, -0.05) is 60.7 Å². The maximum atomic E-state index is 13.0. The van der Waals surface area contributed by atoms with E-state index in [1.165, 1.54) is 22.4 Å². The Hall–Kier alpha value is -3.60. The van der Waals surface area contributed by atoms with Gasteiger partial charge in [0.2, 0.25) is 5.91 Å². The molecule has 0 bridgehead atoms. The van der Waals surface area contributed by atoms with Crippen molar-refractivity contribution >= 4 is 11.5 Å². The van der Waals surface area contributed by atoms with Crippen LogP contribution in [0.15, 0.2) is 89.8 Å². The van der Waals surface area contributed by atoms with Crippen molar-refractivity contribution in [2.24, 2.45) is 0 Å². The molecule has 2 atom stereocenters. The van der Waals surface area contributed by atoms with Crippen LogP contribution in [0.25, 0.3) is 5.57 Å². The number of carbonyl (C=O) groups is 1. The van der Waals surface area contributed by atoms with Gasteiger partial charge in [0.25, 0.3) is 0 Å². The fourth-order valence-corrected chi connectivity index (χ4v) is 5.50. The van der Waals surface area contributed by atoms with Gasteiger partial charge in [0.1, 0.15) is 5.82 Å². The Bertz CT molecular complexity index is 1240. The summed E-state index contributed by atoms with van der Waals surface area (Å²) < 4.78 is 0. The Morgan fingerprint density at radius 3 is 2.76 bits per heavy atom. The fraction of sp³-hybridized carbons (Fsp3) is 0.310. The number of rotatable bonds is 5. The van der Waals surface area contributed by atoms with Gasteiger partial charge in [-0.25, -0.2) is 4.98 Å². The van der Waals surface area contributed by atoms with Crippen LogP contribution in [0.3, 0.4) is 0 Å². The quantitative estimate of drug-likeness (QED) is 0.661. The van der Waals surface area contributed by atoms with Gasteiger partial charge in [0.15, 0.2) is 0 Å². The molecule has 2 aliphatic heterocycles. The zero-order valence-electron chi connectivity index (χ0n) is 19.3. The zero-order chi connectivity index (χ0) is 22.9. The summed E-state index contributed by atoms with van der Waals surface area (Å²) in [6.07, 6.45) is 20.8. The Balaban J connectivity index is 1.15. The van der Waals surface area contributed by atoms with Crippen molar-refractivity contribution < 1.29 is 4.79 Å². The number of hydrogen-bond donors (Lipinski definition) is 2. The lowest BCUT2D eigenvalue weighted by Crippen LogP contribution is -2.32. The minimum atomic E-state index is 0.0401. The molecule has 5 heteroatoms. The average Bonchev–Trinajstić information content (AvgIpc) is 3.64. The van der Waals surface area contributed by atoms with Crippen molar-refractivity contribution in [3.8, 4) is 0 Å². The summed E-state index contributed by atoms with van der Waals surface area (Å²) in [5.74, 6) is 1.09. The summed E-state index contributed by atoms with van der Waals surface area (Å²) in [5.41, 5.74) is 7.42. The summed E-state index contributed by atoms with van der Waals surface area (Å²) in [4.78, 5) is 23.3. The number of allylic oxidation sites excluding steroid dienone is 6. The molecule has 1 unspecified atom stereocenters. The summed E-state index contributed by atoms with van der Waals surface area (Å²) in [5, 5.41) is 3.68. The standard InChI is InChI=1S/C29H30N4O/c34-28(17-20-7-2-1-3-8-20)33-16-6-11-27(33)29-30-19-26(32-29)22-14-12-21(13-15-22)25-18-23-9-4-5-10-24(23)31-25/h1-5,7-9,12,14,18-19,24,27,31H,6,10-11,13,15-17H2,(H,30,32)/t24?,27-/m0/s1. The molecule has 3 heterocycles. The van der Waals surface area contributed by atoms with E-state index in [-0.39, 0.29) is 11.9 Å². The van der Waals surface area contributed by atoms with Crippen LogP contribution in [0.4, 0.5) is 0 Å². The van der Waals surface area contributed by atoms with Gasteiger partial charge >= 0.3 is 0 Å². The van der Waals surface area contributed by atoms with Crippen LogP contribution in [-0.4, -0.2) is 33.4 Å². The lowest BCUT2D eigenvalue weighted by atomic mass is 9.94. The maximum Gasteiger partial charge on any atom is 0.227 e. The number of benzene rings is 1. The molecule has 4 aliphatic rings. The molecular weight excluding hydrogens is 420 g/mol. The SMILES string of the molecule is O=C(Cc1ccccc1)N1CCC[C@H]1c1ncc(C2=CC=C(C3=CC4=CC=CCC4N3)CC2)[nH]1. The molecule has 1 fully saturated rings. The Morgan fingerprint density at radius 1 is 1.09 bits per heavy atom. The topological polar surface area (TPSA) is 61.0 Å². The van der Waals surface area contributed by atoms with E-state index in [2.05, 4.69) is 46.8 Å². The zero-order valence-corrected chi connectivity index (χ0v) is 19.3. The van der Waals surface area contributed by atoms with E-state index in [1.54, 1.807) is 0 Å². The van der Waals surface area contributed by atoms with Gasteiger partial charge in [-0.05, 0) is 60.5 Å². The molecule has 2 aromatic rings. The van der Waals surface area contributed by atoms with E-state index in [9.17, 15) is 4.79 Å². The monoisotopic (exact) mass is 450 g/mol. The lowest BCUT2D eigenvalue weighted by molar-refractivity contribution is -0.131. The van der Waals surface area contributed by atoms with E-state index < -0.39 is 0 Å². The number of nitrogens with zero attached hydrogens (tertiary/aromatic N) is 2. The molecule has 1 aromatic carbocycles. The highest BCUT2D eigenvalue weighted by atomic mass is 16.2. The summed E-state index contributed by atoms with van der Waals surface area (Å²) in [6.45, 7) is 0.802. The van der Waals surface area contributed by atoms with Gasteiger partial charge in [0, 0.05) is 12.2 Å². The van der Waals surface area contributed by atoms with E-state index in [4.69, 9.17) is 4.98 Å². The van der Waals surface area contributed by atoms with Crippen molar-refractivity contribution in [2.75, 3.05) is 6.54 Å². The van der Waals surface area contributed by atoms with Gasteiger partial charge < -0.3 is 15.2 Å². The third-order valence-electron chi connectivity index (χ3n) is 7.36. The number of H-pyrrole nitrogens is 1. The number of carbonyl (C=O) groups excluding carboxylic acids is 1. The average molecular weight is 451 g/mol. The van der Waals surface area contributed by atoms with Crippen molar-refractivity contribution in [1.29, 1.82) is 0 Å². The molecule has 2 aliphatic carbocycles. The number of amides is 1. The molecule has 2 N–H and O–H groups in total. The number of imidazole rings is 1. The molecule has 1 saturated heterocycles. The first kappa shape index (κ1) is 21.0. The van der Waals surface area contributed by atoms with Crippen LogP contribution in [0, 0.1) is 0 Å². The first-order valence-corrected chi connectivity index (χ1v) is 12.4. The molecule has 1 amide bonds. The fourth-order valence-electron chi connectivity index (χ4n) is 5.50. The van der Waals surface area contributed by atoms with Gasteiger partial charge in [-0.15, -0.1) is 0 Å². The Kier molecular flexibility index (Phi) is 5.54. The van der Waals surface area contributed by atoms with Crippen LogP contribution in [-0.2, 0) is 11.2 Å². The number of likely N-dealkylation sites (tertiary alicyclic amines) is 1. The number of aromatic nitrogens is 2. The van der Waals surface area contributed by atoms with Crippen molar-refractivity contribution in [2.45, 2.75) is 50.6 Å². The van der Waals surface area contributed by atoms with E-state index in [0.29, 0.717) is 12.5 Å². The minimum absolute atomic E-state index is 0.0401. The Labute approximate surface area is 200 Å². The maximum absolute atomic E-state index is 13.0. The van der Waals surface area contributed by atoms with Crippen LogP contribution in [0.5, 0.6) is 0 Å². The second kappa shape index (κ2) is 8.98. The third-order valence-corrected chi connectivity index (χ3v) is 7.36. The molecule has 0 saturated carbocycles. The molecule has 172 valence electrons. The van der Waals surface area contributed by atoms with Gasteiger partial charge in [-0.3, -0.25) is 4.79 Å². The first-order valence-electron chi connectivity index (χ1n) is 12.4. The Morgan fingerprint density at radius 2 is 1.94 bits per heavy atom. The molecular formula is C29H30N4O. The highest BCUT2D eigenvalue weighted by Crippen LogP contribution is 2.35. The molecule has 6 rings (SSSR count). The predicted octanol–water partition coefficient (Wildman–Crippen LogP) is 5.16. The predicted molar refractivity (Wildman–Crippen MR) is 135 cm³/mol. The smallest absolute Gasteiger partial charge is 0.227 e. The van der Waals surface area contributed by atoms with Crippen LogP contribution in [0.2, 0.25) is 0 Å². The van der Waals surface area contributed by atoms with Crippen LogP contribution in [0.1, 0.15) is 55.2 Å². The van der Waals surface area contributed by atoms with Crippen LogP contribution >= 0.6 is 0 Å². The van der Waals surface area contributed by atoms with Crippen molar-refractivity contribution in [3.63, 3.8) is 0 Å². The summed E-state index contributed by atoms with van der Waals surface area (Å²) in [6, 6.07) is 10.5. The highest BCUT2D eigenvalue weighted by Gasteiger charge is 2.32. The number of fused-ring (bicyclic) bond motifs is 1. The number of nitrogens with one attached hydrogen (secondary N) is 2. The molecule has 0 spiro atoms. The molecule has 34 heavy (non-hydrogen) atoms. The second-order valence-corrected chi connectivity index (χ2v) is 9.56. The third kappa shape index (κ3) is 4.07. The molecule has 5 nitrogen and oxygen atoms in total. The number of aromatic amines is 1. The van der Waals surface area contributed by atoms with E-state index >= 15 is 0 Å². The minimum Gasteiger partial charge on any atom is -0.378 e. The van der Waals surface area contributed by atoms with Crippen molar-refractivity contribution in [1.82, 2.24) is 20.2 Å². The second-order valence-electron chi connectivity index (χ2n) is 9.56.